The van der Waals surface area contributed by atoms with Crippen molar-refractivity contribution in [3.05, 3.63) is 47.2 Å². The van der Waals surface area contributed by atoms with Gasteiger partial charge in [-0.2, -0.15) is 5.10 Å². The monoisotopic (exact) mass is 344 g/mol. The molecule has 0 saturated carbocycles. The standard InChI is InChI=1S/C15H13BrN4O/c1-21-12-8-10(16)2-3-11(12)14-13(15(17)20-19-14)9-4-6-18-7-5-9/h2-8H,1H3,(H3,17,19,20). The number of methoxy groups -OCH3 is 1. The molecule has 6 heteroatoms. The molecule has 1 aromatic carbocycles. The highest BCUT2D eigenvalue weighted by Crippen LogP contribution is 2.39. The summed E-state index contributed by atoms with van der Waals surface area (Å²) >= 11 is 3.44. The minimum atomic E-state index is 0.446. The zero-order chi connectivity index (χ0) is 14.8. The lowest BCUT2D eigenvalue weighted by molar-refractivity contribution is 0.416. The number of nitrogen functional groups attached to an aromatic ring is 1. The minimum Gasteiger partial charge on any atom is -0.496 e. The number of hydrogen-bond acceptors (Lipinski definition) is 4. The first kappa shape index (κ1) is 13.6. The summed E-state index contributed by atoms with van der Waals surface area (Å²) in [4.78, 5) is 4.03. The summed E-state index contributed by atoms with van der Waals surface area (Å²) in [6.07, 6.45) is 3.45. The van der Waals surface area contributed by atoms with Gasteiger partial charge in [0, 0.05) is 22.4 Å². The molecule has 0 aliphatic carbocycles. The Morgan fingerprint density at radius 1 is 1.19 bits per heavy atom. The van der Waals surface area contributed by atoms with Gasteiger partial charge in [0.2, 0.25) is 0 Å². The number of aromatic nitrogens is 3. The van der Waals surface area contributed by atoms with E-state index in [1.807, 2.05) is 30.3 Å². The van der Waals surface area contributed by atoms with E-state index < -0.39 is 0 Å². The van der Waals surface area contributed by atoms with E-state index in [0.717, 1.165) is 32.6 Å². The molecule has 21 heavy (non-hydrogen) atoms. The lowest BCUT2D eigenvalue weighted by atomic mass is 10.0. The number of benzene rings is 1. The second kappa shape index (κ2) is 5.57. The maximum absolute atomic E-state index is 6.02. The lowest BCUT2D eigenvalue weighted by Crippen LogP contribution is -1.91. The highest BCUT2D eigenvalue weighted by atomic mass is 79.9. The van der Waals surface area contributed by atoms with Crippen LogP contribution in [0.5, 0.6) is 5.75 Å². The highest BCUT2D eigenvalue weighted by Gasteiger charge is 2.17. The van der Waals surface area contributed by atoms with Crippen molar-refractivity contribution in [3.63, 3.8) is 0 Å². The van der Waals surface area contributed by atoms with Crippen molar-refractivity contribution < 1.29 is 4.74 Å². The van der Waals surface area contributed by atoms with Gasteiger partial charge in [0.1, 0.15) is 5.75 Å². The molecule has 5 nitrogen and oxygen atoms in total. The summed E-state index contributed by atoms with van der Waals surface area (Å²) in [6.45, 7) is 0. The van der Waals surface area contributed by atoms with Crippen LogP contribution < -0.4 is 10.5 Å². The van der Waals surface area contributed by atoms with E-state index in [1.54, 1.807) is 19.5 Å². The summed E-state index contributed by atoms with van der Waals surface area (Å²) in [5.74, 6) is 1.18. The van der Waals surface area contributed by atoms with Gasteiger partial charge in [0.05, 0.1) is 18.4 Å². The number of halogens is 1. The largest absolute Gasteiger partial charge is 0.496 e. The SMILES string of the molecule is COc1cc(Br)ccc1-c1[nH]nc(N)c1-c1ccncc1. The molecule has 0 fully saturated rings. The van der Waals surface area contributed by atoms with Crippen molar-refractivity contribution >= 4 is 21.7 Å². The van der Waals surface area contributed by atoms with E-state index in [0.29, 0.717) is 5.82 Å². The van der Waals surface area contributed by atoms with Gasteiger partial charge in [0.25, 0.3) is 0 Å². The predicted octanol–water partition coefficient (Wildman–Crippen LogP) is 3.49. The first-order valence-corrected chi connectivity index (χ1v) is 7.08. The second-order valence-electron chi connectivity index (χ2n) is 4.44. The highest BCUT2D eigenvalue weighted by molar-refractivity contribution is 9.10. The Kier molecular flexibility index (Phi) is 3.62. The zero-order valence-corrected chi connectivity index (χ0v) is 12.9. The van der Waals surface area contributed by atoms with Gasteiger partial charge < -0.3 is 10.5 Å². The molecule has 0 bridgehead atoms. The van der Waals surface area contributed by atoms with Gasteiger partial charge in [-0.1, -0.05) is 15.9 Å². The molecule has 2 aromatic heterocycles. The van der Waals surface area contributed by atoms with Crippen LogP contribution in [0.25, 0.3) is 22.4 Å². The summed E-state index contributed by atoms with van der Waals surface area (Å²) in [7, 11) is 1.64. The molecule has 0 amide bonds. The van der Waals surface area contributed by atoms with Gasteiger partial charge >= 0.3 is 0 Å². The molecule has 0 atom stereocenters. The summed E-state index contributed by atoms with van der Waals surface area (Å²) in [5, 5.41) is 7.12. The van der Waals surface area contributed by atoms with Crippen LogP contribution in [0.2, 0.25) is 0 Å². The van der Waals surface area contributed by atoms with E-state index >= 15 is 0 Å². The average Bonchev–Trinajstić information content (AvgIpc) is 2.89. The average molecular weight is 345 g/mol. The number of anilines is 1. The second-order valence-corrected chi connectivity index (χ2v) is 5.36. The fraction of sp³-hybridized carbons (Fsp3) is 0.0667. The normalized spacial score (nSPS) is 10.6. The molecule has 0 aliphatic heterocycles. The van der Waals surface area contributed by atoms with Gasteiger partial charge in [-0.15, -0.1) is 0 Å². The van der Waals surface area contributed by atoms with Gasteiger partial charge in [-0.3, -0.25) is 10.1 Å². The zero-order valence-electron chi connectivity index (χ0n) is 11.3. The number of nitrogens with two attached hydrogens (primary N) is 1. The Hall–Kier alpha value is -2.34. The third-order valence-corrected chi connectivity index (χ3v) is 3.69. The van der Waals surface area contributed by atoms with Gasteiger partial charge in [-0.05, 0) is 35.9 Å². The van der Waals surface area contributed by atoms with Crippen LogP contribution in [0.3, 0.4) is 0 Å². The van der Waals surface area contributed by atoms with Crippen molar-refractivity contribution in [2.45, 2.75) is 0 Å². The maximum atomic E-state index is 6.02. The molecule has 2 heterocycles. The Balaban J connectivity index is 2.21. The van der Waals surface area contributed by atoms with E-state index in [2.05, 4.69) is 31.1 Å². The molecule has 0 spiro atoms. The Labute approximate surface area is 130 Å². The van der Waals surface area contributed by atoms with E-state index in [4.69, 9.17) is 10.5 Å². The molecule has 3 N–H and O–H groups in total. The van der Waals surface area contributed by atoms with Crippen molar-refractivity contribution in [2.75, 3.05) is 12.8 Å². The Bertz CT molecular complexity index is 771. The Morgan fingerprint density at radius 2 is 1.95 bits per heavy atom. The smallest absolute Gasteiger partial charge is 0.153 e. The number of aromatic amines is 1. The van der Waals surface area contributed by atoms with Crippen LogP contribution >= 0.6 is 15.9 Å². The number of hydrogen-bond donors (Lipinski definition) is 2. The third-order valence-electron chi connectivity index (χ3n) is 3.20. The van der Waals surface area contributed by atoms with Crippen LogP contribution in [0.15, 0.2) is 47.2 Å². The van der Waals surface area contributed by atoms with Gasteiger partial charge in [-0.25, -0.2) is 0 Å². The van der Waals surface area contributed by atoms with E-state index in [-0.39, 0.29) is 0 Å². The molecule has 3 aromatic rings. The van der Waals surface area contributed by atoms with Crippen molar-refractivity contribution in [2.24, 2.45) is 0 Å². The Morgan fingerprint density at radius 3 is 2.67 bits per heavy atom. The van der Waals surface area contributed by atoms with Crippen LogP contribution in [-0.2, 0) is 0 Å². The first-order valence-electron chi connectivity index (χ1n) is 6.29. The van der Waals surface area contributed by atoms with Crippen LogP contribution in [0.1, 0.15) is 0 Å². The number of nitrogens with one attached hydrogen (secondary N) is 1. The first-order chi connectivity index (χ1) is 10.2. The van der Waals surface area contributed by atoms with Gasteiger partial charge in [0.15, 0.2) is 5.82 Å². The summed E-state index contributed by atoms with van der Waals surface area (Å²) < 4.78 is 6.40. The quantitative estimate of drug-likeness (QED) is 0.762. The predicted molar refractivity (Wildman–Crippen MR) is 85.9 cm³/mol. The minimum absolute atomic E-state index is 0.446. The fourth-order valence-electron chi connectivity index (χ4n) is 2.23. The number of nitrogens with zero attached hydrogens (tertiary/aromatic N) is 2. The molecule has 106 valence electrons. The number of pyridine rings is 1. The number of rotatable bonds is 3. The summed E-state index contributed by atoms with van der Waals surface area (Å²) in [6, 6.07) is 9.61. The number of ether oxygens (including phenoxy) is 1. The van der Waals surface area contributed by atoms with Crippen LogP contribution in [0, 0.1) is 0 Å². The summed E-state index contributed by atoms with van der Waals surface area (Å²) in [5.41, 5.74) is 9.54. The van der Waals surface area contributed by atoms with Crippen molar-refractivity contribution in [1.29, 1.82) is 0 Å². The van der Waals surface area contributed by atoms with Crippen LogP contribution in [-0.4, -0.2) is 22.3 Å². The molecule has 0 aliphatic rings. The third kappa shape index (κ3) is 2.50. The molecule has 0 saturated heterocycles. The molecular weight excluding hydrogens is 332 g/mol. The molecule has 0 radical (unpaired) electrons. The van der Waals surface area contributed by atoms with Crippen molar-refractivity contribution in [1.82, 2.24) is 15.2 Å². The number of H-pyrrole nitrogens is 1. The molecular formula is C15H13BrN4O. The lowest BCUT2D eigenvalue weighted by Gasteiger charge is -2.10. The van der Waals surface area contributed by atoms with E-state index in [1.165, 1.54) is 0 Å². The topological polar surface area (TPSA) is 76.8 Å². The molecule has 0 unspecified atom stereocenters. The maximum Gasteiger partial charge on any atom is 0.153 e. The van der Waals surface area contributed by atoms with Crippen molar-refractivity contribution in [3.8, 4) is 28.1 Å². The molecule has 3 rings (SSSR count). The van der Waals surface area contributed by atoms with E-state index in [9.17, 15) is 0 Å². The fourth-order valence-corrected chi connectivity index (χ4v) is 2.57. The van der Waals surface area contributed by atoms with Crippen LogP contribution in [0.4, 0.5) is 5.82 Å².